The number of benzene rings is 1. The summed E-state index contributed by atoms with van der Waals surface area (Å²) in [5, 5.41) is 2.23. The van der Waals surface area contributed by atoms with E-state index < -0.39 is 0 Å². The first kappa shape index (κ1) is 12.4. The maximum absolute atomic E-state index is 5.43. The second-order valence-electron chi connectivity index (χ2n) is 4.94. The minimum atomic E-state index is 0.827. The van der Waals surface area contributed by atoms with Crippen molar-refractivity contribution in [1.29, 1.82) is 0 Å². The van der Waals surface area contributed by atoms with Crippen LogP contribution in [0.4, 0.5) is 5.69 Å². The summed E-state index contributed by atoms with van der Waals surface area (Å²) < 4.78 is 5.43. The van der Waals surface area contributed by atoms with Crippen molar-refractivity contribution in [2.45, 2.75) is 13.3 Å². The quantitative estimate of drug-likeness (QED) is 0.898. The molecule has 0 atom stereocenters. The van der Waals surface area contributed by atoms with Gasteiger partial charge in [-0.05, 0) is 24.1 Å². The zero-order valence-electron chi connectivity index (χ0n) is 11.4. The average Bonchev–Trinajstić information content (AvgIpc) is 2.93. The number of hydrazine groups is 1. The topological polar surface area (TPSA) is 27.7 Å². The fraction of sp³-hybridized carbons (Fsp3) is 0.467. The van der Waals surface area contributed by atoms with Gasteiger partial charge in [-0.25, -0.2) is 0 Å². The Balaban J connectivity index is 1.76. The molecule has 0 radical (unpaired) electrons. The predicted octanol–water partition coefficient (Wildman–Crippen LogP) is 1.96. The third-order valence-electron chi connectivity index (χ3n) is 3.75. The van der Waals surface area contributed by atoms with Gasteiger partial charge in [0, 0.05) is 13.1 Å². The summed E-state index contributed by atoms with van der Waals surface area (Å²) in [6, 6.07) is 10.5. The maximum Gasteiger partial charge on any atom is 0.121 e. The fourth-order valence-electron chi connectivity index (χ4n) is 2.64. The van der Waals surface area contributed by atoms with Gasteiger partial charge in [-0.2, -0.15) is 0 Å². The third-order valence-corrected chi connectivity index (χ3v) is 3.75. The van der Waals surface area contributed by atoms with Crippen LogP contribution in [0.1, 0.15) is 13.3 Å². The van der Waals surface area contributed by atoms with Gasteiger partial charge in [-0.1, -0.05) is 25.1 Å². The molecule has 1 aromatic carbocycles. The highest BCUT2D eigenvalue weighted by atomic mass is 16.5. The van der Waals surface area contributed by atoms with Crippen LogP contribution in [0.3, 0.4) is 0 Å². The van der Waals surface area contributed by atoms with Crippen molar-refractivity contribution in [2.75, 3.05) is 37.9 Å². The van der Waals surface area contributed by atoms with E-state index in [-0.39, 0.29) is 0 Å². The SMILES string of the molecule is CCC1=C(N2CCOCC2)NN(c2ccccc2)C1. The number of ether oxygens (including phenoxy) is 1. The molecule has 0 spiro atoms. The number of anilines is 1. The van der Waals surface area contributed by atoms with Crippen molar-refractivity contribution in [1.82, 2.24) is 10.3 Å². The molecule has 2 aliphatic rings. The molecule has 0 unspecified atom stereocenters. The number of nitrogens with one attached hydrogen (secondary N) is 1. The molecule has 102 valence electrons. The highest BCUT2D eigenvalue weighted by Gasteiger charge is 2.25. The lowest BCUT2D eigenvalue weighted by atomic mass is 10.2. The second kappa shape index (κ2) is 5.53. The van der Waals surface area contributed by atoms with Gasteiger partial charge >= 0.3 is 0 Å². The van der Waals surface area contributed by atoms with Crippen LogP contribution in [0.25, 0.3) is 0 Å². The molecule has 4 nitrogen and oxygen atoms in total. The van der Waals surface area contributed by atoms with Crippen LogP contribution in [-0.2, 0) is 4.74 Å². The first-order chi connectivity index (χ1) is 9.38. The Bertz CT molecular complexity index is 452. The molecule has 0 bridgehead atoms. The van der Waals surface area contributed by atoms with Crippen molar-refractivity contribution < 1.29 is 4.74 Å². The molecule has 1 N–H and O–H groups in total. The summed E-state index contributed by atoms with van der Waals surface area (Å²) in [5.41, 5.74) is 6.26. The number of nitrogens with zero attached hydrogens (tertiary/aromatic N) is 2. The Kier molecular flexibility index (Phi) is 3.60. The summed E-state index contributed by atoms with van der Waals surface area (Å²) in [4.78, 5) is 2.41. The number of morpholine rings is 1. The predicted molar refractivity (Wildman–Crippen MR) is 76.6 cm³/mol. The molecule has 3 rings (SSSR count). The van der Waals surface area contributed by atoms with Gasteiger partial charge in [0.15, 0.2) is 0 Å². The van der Waals surface area contributed by atoms with Crippen LogP contribution >= 0.6 is 0 Å². The lowest BCUT2D eigenvalue weighted by molar-refractivity contribution is 0.0505. The Morgan fingerprint density at radius 3 is 2.58 bits per heavy atom. The van der Waals surface area contributed by atoms with Gasteiger partial charge in [0.05, 0.1) is 25.4 Å². The van der Waals surface area contributed by atoms with Crippen LogP contribution in [0.5, 0.6) is 0 Å². The number of para-hydroxylation sites is 1. The van der Waals surface area contributed by atoms with E-state index in [2.05, 4.69) is 52.6 Å². The van der Waals surface area contributed by atoms with Crippen LogP contribution in [0.2, 0.25) is 0 Å². The first-order valence-electron chi connectivity index (χ1n) is 7.02. The first-order valence-corrected chi connectivity index (χ1v) is 7.02. The van der Waals surface area contributed by atoms with E-state index in [0.29, 0.717) is 0 Å². The van der Waals surface area contributed by atoms with Crippen LogP contribution in [0, 0.1) is 0 Å². The molecule has 19 heavy (non-hydrogen) atoms. The van der Waals surface area contributed by atoms with Crippen molar-refractivity contribution >= 4 is 5.69 Å². The zero-order valence-corrected chi connectivity index (χ0v) is 11.4. The Morgan fingerprint density at radius 2 is 1.89 bits per heavy atom. The maximum atomic E-state index is 5.43. The van der Waals surface area contributed by atoms with Gasteiger partial charge in [0.2, 0.25) is 0 Å². The molecular formula is C15H21N3O. The van der Waals surface area contributed by atoms with E-state index in [1.54, 1.807) is 0 Å². The van der Waals surface area contributed by atoms with Gasteiger partial charge < -0.3 is 9.64 Å². The van der Waals surface area contributed by atoms with Crippen molar-refractivity contribution in [2.24, 2.45) is 0 Å². The standard InChI is InChI=1S/C15H21N3O/c1-2-13-12-18(14-6-4-3-5-7-14)16-15(13)17-8-10-19-11-9-17/h3-7,16H,2,8-12H2,1H3. The summed E-state index contributed by atoms with van der Waals surface area (Å²) >= 11 is 0. The molecule has 1 saturated heterocycles. The molecular weight excluding hydrogens is 238 g/mol. The third kappa shape index (κ3) is 2.54. The summed E-state index contributed by atoms with van der Waals surface area (Å²) in [5.74, 6) is 1.29. The van der Waals surface area contributed by atoms with Gasteiger partial charge in [0.1, 0.15) is 5.82 Å². The second-order valence-corrected chi connectivity index (χ2v) is 4.94. The molecule has 0 saturated carbocycles. The smallest absolute Gasteiger partial charge is 0.121 e. The lowest BCUT2D eigenvalue weighted by Crippen LogP contribution is -2.42. The summed E-state index contributed by atoms with van der Waals surface area (Å²) in [6.45, 7) is 6.81. The zero-order chi connectivity index (χ0) is 13.1. The van der Waals surface area contributed by atoms with E-state index >= 15 is 0 Å². The molecule has 1 aromatic rings. The minimum absolute atomic E-state index is 0.827. The lowest BCUT2D eigenvalue weighted by Gasteiger charge is -2.31. The van der Waals surface area contributed by atoms with Gasteiger partial charge in [0.25, 0.3) is 0 Å². The fourth-order valence-corrected chi connectivity index (χ4v) is 2.64. The normalized spacial score (nSPS) is 19.8. The van der Waals surface area contributed by atoms with E-state index in [1.807, 2.05) is 0 Å². The Morgan fingerprint density at radius 1 is 1.16 bits per heavy atom. The monoisotopic (exact) mass is 259 g/mol. The Labute approximate surface area is 114 Å². The average molecular weight is 259 g/mol. The van der Waals surface area contributed by atoms with Gasteiger partial charge in [-0.15, -0.1) is 0 Å². The molecule has 2 heterocycles. The van der Waals surface area contributed by atoms with Crippen molar-refractivity contribution in [3.05, 3.63) is 41.7 Å². The number of hydrogen-bond acceptors (Lipinski definition) is 4. The van der Waals surface area contributed by atoms with E-state index in [0.717, 1.165) is 39.3 Å². The molecule has 4 heteroatoms. The van der Waals surface area contributed by atoms with E-state index in [1.165, 1.54) is 17.1 Å². The summed E-state index contributed by atoms with van der Waals surface area (Å²) in [7, 11) is 0. The van der Waals surface area contributed by atoms with E-state index in [4.69, 9.17) is 4.74 Å². The molecule has 1 fully saturated rings. The van der Waals surface area contributed by atoms with Crippen molar-refractivity contribution in [3.63, 3.8) is 0 Å². The highest BCUT2D eigenvalue weighted by Crippen LogP contribution is 2.24. The van der Waals surface area contributed by atoms with Crippen molar-refractivity contribution in [3.8, 4) is 0 Å². The molecule has 0 aliphatic carbocycles. The number of rotatable bonds is 3. The highest BCUT2D eigenvalue weighted by molar-refractivity contribution is 5.49. The Hall–Kier alpha value is -1.68. The van der Waals surface area contributed by atoms with E-state index in [9.17, 15) is 0 Å². The van der Waals surface area contributed by atoms with Gasteiger partial charge in [-0.3, -0.25) is 10.4 Å². The molecule has 2 aliphatic heterocycles. The molecule has 0 aromatic heterocycles. The largest absolute Gasteiger partial charge is 0.378 e. The van der Waals surface area contributed by atoms with Crippen LogP contribution in [-0.4, -0.2) is 37.7 Å². The van der Waals surface area contributed by atoms with Crippen LogP contribution < -0.4 is 10.4 Å². The molecule has 0 amide bonds. The van der Waals surface area contributed by atoms with Crippen LogP contribution in [0.15, 0.2) is 41.7 Å². The summed E-state index contributed by atoms with van der Waals surface area (Å²) in [6.07, 6.45) is 1.09. The number of hydrogen-bond donors (Lipinski definition) is 1. The minimum Gasteiger partial charge on any atom is -0.378 e.